The molecule has 7 heteroatoms. The van der Waals surface area contributed by atoms with Crippen LogP contribution in [0.15, 0.2) is 42.6 Å². The molecule has 1 aromatic heterocycles. The second kappa shape index (κ2) is 6.14. The van der Waals surface area contributed by atoms with E-state index in [0.29, 0.717) is 36.8 Å². The van der Waals surface area contributed by atoms with Crippen molar-refractivity contribution in [1.29, 1.82) is 0 Å². The molecule has 0 radical (unpaired) electrons. The van der Waals surface area contributed by atoms with Gasteiger partial charge in [0.2, 0.25) is 0 Å². The Labute approximate surface area is 138 Å². The molecule has 2 heterocycles. The third kappa shape index (κ3) is 3.13. The molecule has 23 heavy (non-hydrogen) atoms. The lowest BCUT2D eigenvalue weighted by atomic mass is 9.84. The number of piperidine rings is 1. The first kappa shape index (κ1) is 15.7. The van der Waals surface area contributed by atoms with Gasteiger partial charge < -0.3 is 10.0 Å². The van der Waals surface area contributed by atoms with Crippen LogP contribution in [0.4, 0.5) is 11.5 Å². The number of pyridine rings is 1. The Kier molecular flexibility index (Phi) is 4.19. The minimum atomic E-state index is -0.949. The number of nitrogens with zero attached hydrogens (tertiary/aromatic N) is 3. The van der Waals surface area contributed by atoms with E-state index in [9.17, 15) is 15.2 Å². The third-order valence-corrected chi connectivity index (χ3v) is 4.56. The summed E-state index contributed by atoms with van der Waals surface area (Å²) in [5.41, 5.74) is -0.230. The first-order valence-electron chi connectivity index (χ1n) is 7.32. The van der Waals surface area contributed by atoms with Crippen molar-refractivity contribution in [2.24, 2.45) is 0 Å². The van der Waals surface area contributed by atoms with Gasteiger partial charge in [0.1, 0.15) is 12.0 Å². The highest BCUT2D eigenvalue weighted by molar-refractivity contribution is 6.31. The molecule has 1 aliphatic heterocycles. The van der Waals surface area contributed by atoms with Gasteiger partial charge in [-0.1, -0.05) is 29.8 Å². The zero-order chi connectivity index (χ0) is 16.4. The van der Waals surface area contributed by atoms with Gasteiger partial charge in [-0.3, -0.25) is 10.1 Å². The molecule has 1 N–H and O–H groups in total. The van der Waals surface area contributed by atoms with Gasteiger partial charge in [0.15, 0.2) is 0 Å². The standard InChI is InChI=1S/C16H16ClN3O3/c17-14-4-2-1-3-13(14)16(21)7-9-19(10-8-16)15-6-5-12(11-18-15)20(22)23/h1-6,11,21H,7-10H2. The second-order valence-electron chi connectivity index (χ2n) is 5.63. The van der Waals surface area contributed by atoms with Gasteiger partial charge in [0.25, 0.3) is 5.69 Å². The fraction of sp³-hybridized carbons (Fsp3) is 0.312. The lowest BCUT2D eigenvalue weighted by molar-refractivity contribution is -0.385. The van der Waals surface area contributed by atoms with Crippen LogP contribution in [0.25, 0.3) is 0 Å². The third-order valence-electron chi connectivity index (χ3n) is 4.23. The highest BCUT2D eigenvalue weighted by Gasteiger charge is 2.35. The van der Waals surface area contributed by atoms with E-state index in [1.54, 1.807) is 12.1 Å². The van der Waals surface area contributed by atoms with E-state index < -0.39 is 10.5 Å². The molecule has 1 aromatic carbocycles. The average Bonchev–Trinajstić information content (AvgIpc) is 2.56. The summed E-state index contributed by atoms with van der Waals surface area (Å²) in [5.74, 6) is 0.678. The Morgan fingerprint density at radius 2 is 1.91 bits per heavy atom. The molecule has 1 aliphatic rings. The minimum absolute atomic E-state index is 0.0293. The summed E-state index contributed by atoms with van der Waals surface area (Å²) in [6, 6.07) is 10.4. The maximum absolute atomic E-state index is 10.9. The molecule has 6 nitrogen and oxygen atoms in total. The topological polar surface area (TPSA) is 79.5 Å². The van der Waals surface area contributed by atoms with E-state index in [-0.39, 0.29) is 5.69 Å². The van der Waals surface area contributed by atoms with Gasteiger partial charge in [-0.2, -0.15) is 0 Å². The molecule has 0 spiro atoms. The van der Waals surface area contributed by atoms with E-state index in [0.717, 1.165) is 5.56 Å². The van der Waals surface area contributed by atoms with Crippen molar-refractivity contribution in [1.82, 2.24) is 4.98 Å². The molecule has 0 amide bonds. The first-order valence-corrected chi connectivity index (χ1v) is 7.70. The maximum atomic E-state index is 10.9. The molecule has 0 atom stereocenters. The summed E-state index contributed by atoms with van der Waals surface area (Å²) in [6.45, 7) is 1.21. The Hall–Kier alpha value is -2.18. The van der Waals surface area contributed by atoms with Gasteiger partial charge >= 0.3 is 0 Å². The van der Waals surface area contributed by atoms with Crippen LogP contribution in [-0.4, -0.2) is 28.1 Å². The Morgan fingerprint density at radius 1 is 1.22 bits per heavy atom. The Bertz CT molecular complexity index is 713. The quantitative estimate of drug-likeness (QED) is 0.689. The lowest BCUT2D eigenvalue weighted by Crippen LogP contribution is -2.43. The van der Waals surface area contributed by atoms with Gasteiger partial charge in [0, 0.05) is 29.7 Å². The highest BCUT2D eigenvalue weighted by Crippen LogP contribution is 2.37. The van der Waals surface area contributed by atoms with Crippen LogP contribution in [0, 0.1) is 10.1 Å². The predicted molar refractivity (Wildman–Crippen MR) is 87.7 cm³/mol. The molecular weight excluding hydrogens is 318 g/mol. The van der Waals surface area contributed by atoms with Crippen LogP contribution in [0.1, 0.15) is 18.4 Å². The largest absolute Gasteiger partial charge is 0.385 e. The van der Waals surface area contributed by atoms with E-state index in [1.807, 2.05) is 23.1 Å². The van der Waals surface area contributed by atoms with Crippen LogP contribution in [0.3, 0.4) is 0 Å². The van der Waals surface area contributed by atoms with Gasteiger partial charge in [-0.15, -0.1) is 0 Å². The molecular formula is C16H16ClN3O3. The van der Waals surface area contributed by atoms with Crippen molar-refractivity contribution in [3.05, 3.63) is 63.3 Å². The average molecular weight is 334 g/mol. The second-order valence-corrected chi connectivity index (χ2v) is 6.04. The van der Waals surface area contributed by atoms with Gasteiger partial charge in [0.05, 0.1) is 10.5 Å². The van der Waals surface area contributed by atoms with E-state index in [4.69, 9.17) is 11.6 Å². The molecule has 0 bridgehead atoms. The number of hydrogen-bond donors (Lipinski definition) is 1. The summed E-state index contributed by atoms with van der Waals surface area (Å²) >= 11 is 6.20. The molecule has 0 unspecified atom stereocenters. The number of aromatic nitrogens is 1. The summed E-state index contributed by atoms with van der Waals surface area (Å²) in [7, 11) is 0. The van der Waals surface area contributed by atoms with Crippen LogP contribution >= 0.6 is 11.6 Å². The summed E-state index contributed by atoms with van der Waals surface area (Å²) in [4.78, 5) is 16.3. The van der Waals surface area contributed by atoms with Crippen molar-refractivity contribution < 1.29 is 10.0 Å². The van der Waals surface area contributed by atoms with Crippen LogP contribution in [0.2, 0.25) is 5.02 Å². The normalized spacial score (nSPS) is 17.0. The SMILES string of the molecule is O=[N+]([O-])c1ccc(N2CCC(O)(c3ccccc3Cl)CC2)nc1. The highest BCUT2D eigenvalue weighted by atomic mass is 35.5. The summed E-state index contributed by atoms with van der Waals surface area (Å²) < 4.78 is 0. The fourth-order valence-electron chi connectivity index (χ4n) is 2.89. The van der Waals surface area contributed by atoms with Crippen molar-refractivity contribution in [3.63, 3.8) is 0 Å². The number of halogens is 1. The molecule has 2 aromatic rings. The number of anilines is 1. The van der Waals surface area contributed by atoms with Gasteiger partial charge in [-0.05, 0) is 25.0 Å². The van der Waals surface area contributed by atoms with Crippen LogP contribution in [0.5, 0.6) is 0 Å². The first-order chi connectivity index (χ1) is 11.0. The lowest BCUT2D eigenvalue weighted by Gasteiger charge is -2.39. The van der Waals surface area contributed by atoms with E-state index >= 15 is 0 Å². The number of hydrogen-bond acceptors (Lipinski definition) is 5. The molecule has 120 valence electrons. The van der Waals surface area contributed by atoms with Crippen LogP contribution in [-0.2, 0) is 5.60 Å². The van der Waals surface area contributed by atoms with Crippen molar-refractivity contribution >= 4 is 23.1 Å². The van der Waals surface area contributed by atoms with Gasteiger partial charge in [-0.25, -0.2) is 4.98 Å². The molecule has 0 aliphatic carbocycles. The summed E-state index contributed by atoms with van der Waals surface area (Å²) in [6.07, 6.45) is 2.30. The Morgan fingerprint density at radius 3 is 2.48 bits per heavy atom. The smallest absolute Gasteiger partial charge is 0.287 e. The predicted octanol–water partition coefficient (Wildman–Crippen LogP) is 3.13. The van der Waals surface area contributed by atoms with Crippen molar-refractivity contribution in [3.8, 4) is 0 Å². The number of rotatable bonds is 3. The number of benzene rings is 1. The molecule has 1 saturated heterocycles. The molecule has 1 fully saturated rings. The van der Waals surface area contributed by atoms with Crippen LogP contribution < -0.4 is 4.90 Å². The number of nitro groups is 1. The van der Waals surface area contributed by atoms with Crippen molar-refractivity contribution in [2.45, 2.75) is 18.4 Å². The zero-order valence-electron chi connectivity index (χ0n) is 12.4. The van der Waals surface area contributed by atoms with Crippen molar-refractivity contribution in [2.75, 3.05) is 18.0 Å². The Balaban J connectivity index is 1.73. The fourth-order valence-corrected chi connectivity index (χ4v) is 3.20. The monoisotopic (exact) mass is 333 g/mol. The van der Waals surface area contributed by atoms with E-state index in [2.05, 4.69) is 4.98 Å². The summed E-state index contributed by atoms with van der Waals surface area (Å²) in [5, 5.41) is 22.1. The maximum Gasteiger partial charge on any atom is 0.287 e. The minimum Gasteiger partial charge on any atom is -0.385 e. The number of aliphatic hydroxyl groups is 1. The van der Waals surface area contributed by atoms with E-state index in [1.165, 1.54) is 12.3 Å². The molecule has 3 rings (SSSR count). The zero-order valence-corrected chi connectivity index (χ0v) is 13.1. The molecule has 0 saturated carbocycles.